The van der Waals surface area contributed by atoms with Gasteiger partial charge in [-0.3, -0.25) is 0 Å². The van der Waals surface area contributed by atoms with Crippen molar-refractivity contribution in [1.82, 2.24) is 10.3 Å². The summed E-state index contributed by atoms with van der Waals surface area (Å²) in [5, 5.41) is 2.38. The molecule has 1 N–H and O–H groups in total. The third-order valence-corrected chi connectivity index (χ3v) is 2.01. The molecule has 0 unspecified atom stereocenters. The second-order valence-corrected chi connectivity index (χ2v) is 5.06. The predicted octanol–water partition coefficient (Wildman–Crippen LogP) is 2.75. The number of rotatable bonds is 1. The van der Waals surface area contributed by atoms with Crippen LogP contribution < -0.4 is 5.32 Å². The van der Waals surface area contributed by atoms with Gasteiger partial charge >= 0.3 is 6.09 Å². The Morgan fingerprint density at radius 3 is 2.84 bits per heavy atom. The standard InChI is InChI=1S/C13H14ClFN2O2/c1-13(2,3)19-12(18)16-6-4-5-9-7-10(14)11(15)17-8-9/h7-8H,6H2,1-3H3,(H,16,18). The highest BCUT2D eigenvalue weighted by molar-refractivity contribution is 6.30. The number of aromatic nitrogens is 1. The third kappa shape index (κ3) is 6.07. The summed E-state index contributed by atoms with van der Waals surface area (Å²) in [4.78, 5) is 14.7. The Bertz CT molecular complexity index is 530. The van der Waals surface area contributed by atoms with Gasteiger partial charge in [0.05, 0.1) is 11.6 Å². The lowest BCUT2D eigenvalue weighted by molar-refractivity contribution is 0.0535. The van der Waals surface area contributed by atoms with E-state index in [1.54, 1.807) is 20.8 Å². The number of halogens is 2. The van der Waals surface area contributed by atoms with Gasteiger partial charge in [-0.2, -0.15) is 4.39 Å². The Morgan fingerprint density at radius 1 is 1.58 bits per heavy atom. The summed E-state index contributed by atoms with van der Waals surface area (Å²) >= 11 is 5.55. The molecule has 1 rings (SSSR count). The van der Waals surface area contributed by atoms with Crippen LogP contribution >= 0.6 is 11.6 Å². The fraction of sp³-hybridized carbons (Fsp3) is 0.385. The van der Waals surface area contributed by atoms with Gasteiger partial charge in [-0.1, -0.05) is 23.4 Å². The average Bonchev–Trinajstić information content (AvgIpc) is 2.27. The lowest BCUT2D eigenvalue weighted by Crippen LogP contribution is -2.32. The number of nitrogens with one attached hydrogen (secondary N) is 1. The summed E-state index contributed by atoms with van der Waals surface area (Å²) in [6, 6.07) is 1.37. The van der Waals surface area contributed by atoms with E-state index in [-0.39, 0.29) is 11.6 Å². The maximum absolute atomic E-state index is 12.8. The number of carbonyl (C=O) groups excluding carboxylic acids is 1. The lowest BCUT2D eigenvalue weighted by atomic mass is 10.2. The summed E-state index contributed by atoms with van der Waals surface area (Å²) in [5.74, 6) is 4.64. The molecule has 0 aliphatic heterocycles. The summed E-state index contributed by atoms with van der Waals surface area (Å²) < 4.78 is 17.8. The smallest absolute Gasteiger partial charge is 0.408 e. The fourth-order valence-corrected chi connectivity index (χ4v) is 1.23. The van der Waals surface area contributed by atoms with Crippen LogP contribution in [0.1, 0.15) is 26.3 Å². The van der Waals surface area contributed by atoms with Crippen LogP contribution in [0.4, 0.5) is 9.18 Å². The maximum atomic E-state index is 12.8. The van der Waals surface area contributed by atoms with Gasteiger partial charge in [0.2, 0.25) is 5.95 Å². The highest BCUT2D eigenvalue weighted by Gasteiger charge is 2.14. The first-order chi connectivity index (χ1) is 8.78. The van der Waals surface area contributed by atoms with Crippen LogP contribution in [0.3, 0.4) is 0 Å². The molecule has 1 heterocycles. The van der Waals surface area contributed by atoms with Gasteiger partial charge in [-0.15, -0.1) is 0 Å². The van der Waals surface area contributed by atoms with Crippen LogP contribution in [0.5, 0.6) is 0 Å². The summed E-state index contributed by atoms with van der Waals surface area (Å²) in [5.41, 5.74) is -0.0799. The zero-order chi connectivity index (χ0) is 14.5. The van der Waals surface area contributed by atoms with Crippen molar-refractivity contribution in [3.8, 4) is 11.8 Å². The number of alkyl carbamates (subject to hydrolysis) is 1. The van der Waals surface area contributed by atoms with Crippen molar-refractivity contribution < 1.29 is 13.9 Å². The largest absolute Gasteiger partial charge is 0.444 e. The quantitative estimate of drug-likeness (QED) is 0.637. The zero-order valence-corrected chi connectivity index (χ0v) is 11.6. The van der Waals surface area contributed by atoms with Crippen LogP contribution in [0.2, 0.25) is 5.02 Å². The van der Waals surface area contributed by atoms with Crippen molar-refractivity contribution >= 4 is 17.7 Å². The second kappa shape index (κ2) is 6.39. The van der Waals surface area contributed by atoms with E-state index >= 15 is 0 Å². The molecule has 102 valence electrons. The first-order valence-electron chi connectivity index (χ1n) is 5.55. The molecular formula is C13H14ClFN2O2. The predicted molar refractivity (Wildman–Crippen MR) is 70.3 cm³/mol. The fourth-order valence-electron chi connectivity index (χ4n) is 1.07. The maximum Gasteiger partial charge on any atom is 0.408 e. The summed E-state index contributed by atoms with van der Waals surface area (Å²) in [6.45, 7) is 5.42. The SMILES string of the molecule is CC(C)(C)OC(=O)NCC#Cc1cnc(F)c(Cl)c1. The molecule has 0 spiro atoms. The Morgan fingerprint density at radius 2 is 2.26 bits per heavy atom. The van der Waals surface area contributed by atoms with E-state index in [2.05, 4.69) is 22.1 Å². The van der Waals surface area contributed by atoms with E-state index in [4.69, 9.17) is 16.3 Å². The van der Waals surface area contributed by atoms with Crippen molar-refractivity contribution in [2.75, 3.05) is 6.54 Å². The highest BCUT2D eigenvalue weighted by atomic mass is 35.5. The van der Waals surface area contributed by atoms with Crippen molar-refractivity contribution in [2.45, 2.75) is 26.4 Å². The summed E-state index contributed by atoms with van der Waals surface area (Å²) in [6.07, 6.45) is 0.721. The van der Waals surface area contributed by atoms with E-state index in [1.807, 2.05) is 0 Å². The van der Waals surface area contributed by atoms with Crippen molar-refractivity contribution in [2.24, 2.45) is 0 Å². The van der Waals surface area contributed by atoms with E-state index < -0.39 is 17.6 Å². The van der Waals surface area contributed by atoms with Gasteiger partial charge in [0.15, 0.2) is 0 Å². The molecule has 0 radical (unpaired) electrons. The number of ether oxygens (including phenoxy) is 1. The van der Waals surface area contributed by atoms with Crippen LogP contribution in [-0.2, 0) is 4.74 Å². The molecule has 0 bridgehead atoms. The van der Waals surface area contributed by atoms with Crippen molar-refractivity contribution in [3.05, 3.63) is 28.8 Å². The minimum absolute atomic E-state index is 0.0908. The molecule has 0 aliphatic carbocycles. The number of hydrogen-bond acceptors (Lipinski definition) is 3. The minimum Gasteiger partial charge on any atom is -0.444 e. The van der Waals surface area contributed by atoms with Gasteiger partial charge in [-0.05, 0) is 26.8 Å². The topological polar surface area (TPSA) is 51.2 Å². The highest BCUT2D eigenvalue weighted by Crippen LogP contribution is 2.12. The molecule has 0 fully saturated rings. The van der Waals surface area contributed by atoms with E-state index in [0.717, 1.165) is 0 Å². The Kier molecular flexibility index (Phi) is 5.13. The normalized spacial score (nSPS) is 10.4. The molecule has 4 nitrogen and oxygen atoms in total. The number of hydrogen-bond donors (Lipinski definition) is 1. The zero-order valence-electron chi connectivity index (χ0n) is 10.9. The van der Waals surface area contributed by atoms with Gasteiger partial charge in [0.1, 0.15) is 5.60 Å². The van der Waals surface area contributed by atoms with E-state index in [0.29, 0.717) is 5.56 Å². The second-order valence-electron chi connectivity index (χ2n) is 4.65. The molecular weight excluding hydrogens is 271 g/mol. The van der Waals surface area contributed by atoms with Gasteiger partial charge in [0.25, 0.3) is 0 Å². The number of nitrogens with zero attached hydrogens (tertiary/aromatic N) is 1. The molecule has 0 aliphatic rings. The van der Waals surface area contributed by atoms with E-state index in [1.165, 1.54) is 12.3 Å². The molecule has 0 saturated carbocycles. The molecule has 1 aromatic heterocycles. The Hall–Kier alpha value is -1.80. The molecule has 0 saturated heterocycles. The van der Waals surface area contributed by atoms with E-state index in [9.17, 15) is 9.18 Å². The number of pyridine rings is 1. The summed E-state index contributed by atoms with van der Waals surface area (Å²) in [7, 11) is 0. The molecule has 0 aromatic carbocycles. The third-order valence-electron chi connectivity index (χ3n) is 1.75. The van der Waals surface area contributed by atoms with Crippen molar-refractivity contribution in [1.29, 1.82) is 0 Å². The minimum atomic E-state index is -0.737. The molecule has 1 amide bonds. The van der Waals surface area contributed by atoms with Gasteiger partial charge in [0, 0.05) is 11.8 Å². The molecule has 1 aromatic rings. The molecule has 19 heavy (non-hydrogen) atoms. The lowest BCUT2D eigenvalue weighted by Gasteiger charge is -2.18. The molecule has 0 atom stereocenters. The van der Waals surface area contributed by atoms with Crippen LogP contribution in [-0.4, -0.2) is 23.2 Å². The van der Waals surface area contributed by atoms with Crippen LogP contribution in [0.15, 0.2) is 12.3 Å². The van der Waals surface area contributed by atoms with Gasteiger partial charge < -0.3 is 10.1 Å². The van der Waals surface area contributed by atoms with Crippen molar-refractivity contribution in [3.63, 3.8) is 0 Å². The Balaban J connectivity index is 2.47. The Labute approximate surface area is 116 Å². The first-order valence-corrected chi connectivity index (χ1v) is 5.92. The number of carbonyl (C=O) groups is 1. The number of amides is 1. The van der Waals surface area contributed by atoms with Crippen LogP contribution in [0.25, 0.3) is 0 Å². The first kappa shape index (κ1) is 15.3. The average molecular weight is 285 g/mol. The molecule has 6 heteroatoms. The van der Waals surface area contributed by atoms with Gasteiger partial charge in [-0.25, -0.2) is 9.78 Å². The van der Waals surface area contributed by atoms with Crippen LogP contribution in [0, 0.1) is 17.8 Å². The monoisotopic (exact) mass is 284 g/mol.